The van der Waals surface area contributed by atoms with Gasteiger partial charge in [0.2, 0.25) is 5.91 Å². The van der Waals surface area contributed by atoms with Gasteiger partial charge in [-0.15, -0.1) is 0 Å². The highest BCUT2D eigenvalue weighted by molar-refractivity contribution is 5.76. The summed E-state index contributed by atoms with van der Waals surface area (Å²) in [5.41, 5.74) is 0. The molecule has 0 aromatic carbocycles. The van der Waals surface area contributed by atoms with E-state index in [-0.39, 0.29) is 18.5 Å². The van der Waals surface area contributed by atoms with Crippen LogP contribution in [0.5, 0.6) is 0 Å². The molecule has 0 aliphatic rings. The second-order valence-electron chi connectivity index (χ2n) is 15.4. The van der Waals surface area contributed by atoms with E-state index < -0.39 is 12.1 Å². The summed E-state index contributed by atoms with van der Waals surface area (Å²) < 4.78 is 5.43. The van der Waals surface area contributed by atoms with E-state index in [1.54, 1.807) is 6.08 Å². The molecule has 3 N–H and O–H groups in total. The minimum atomic E-state index is -0.876. The molecule has 0 rings (SSSR count). The van der Waals surface area contributed by atoms with Gasteiger partial charge in [0.15, 0.2) is 0 Å². The molecule has 6 heteroatoms. The molecule has 1 amide bonds. The average Bonchev–Trinajstić information content (AvgIpc) is 3.16. The molecule has 310 valence electrons. The van der Waals surface area contributed by atoms with Crippen molar-refractivity contribution in [3.8, 4) is 0 Å². The van der Waals surface area contributed by atoms with Gasteiger partial charge in [0.05, 0.1) is 25.4 Å². The number of hydrogen-bond acceptors (Lipinski definition) is 5. The highest BCUT2D eigenvalue weighted by Gasteiger charge is 2.17. The number of rotatable bonds is 41. The Kier molecular flexibility index (Phi) is 41.3. The summed E-state index contributed by atoms with van der Waals surface area (Å²) in [5.74, 6) is -0.170. The average molecular weight is 746 g/mol. The lowest BCUT2D eigenvalue weighted by molar-refractivity contribution is -0.143. The van der Waals surface area contributed by atoms with Crippen LogP contribution >= 0.6 is 0 Å². The Labute approximate surface area is 328 Å². The number of hydrogen-bond donors (Lipinski definition) is 3. The highest BCUT2D eigenvalue weighted by atomic mass is 16.5. The lowest BCUT2D eigenvalue weighted by atomic mass is 10.0. The number of amides is 1. The molecule has 2 unspecified atom stereocenters. The van der Waals surface area contributed by atoms with Crippen LogP contribution in [0.4, 0.5) is 0 Å². The van der Waals surface area contributed by atoms with Gasteiger partial charge < -0.3 is 20.3 Å². The van der Waals surface area contributed by atoms with Gasteiger partial charge in [-0.1, -0.05) is 198 Å². The number of allylic oxidation sites excluding steroid dienone is 5. The second kappa shape index (κ2) is 42.8. The van der Waals surface area contributed by atoms with E-state index >= 15 is 0 Å². The number of aliphatic hydroxyl groups excluding tert-OH is 2. The Morgan fingerprint density at radius 3 is 1.47 bits per heavy atom. The second-order valence-corrected chi connectivity index (χ2v) is 15.4. The third-order valence-electron chi connectivity index (χ3n) is 10.2. The molecule has 0 spiro atoms. The number of nitrogens with one attached hydrogen (secondary N) is 1. The molecular weight excluding hydrogens is 659 g/mol. The van der Waals surface area contributed by atoms with Crippen molar-refractivity contribution in [1.82, 2.24) is 5.32 Å². The fourth-order valence-corrected chi connectivity index (χ4v) is 6.62. The summed E-state index contributed by atoms with van der Waals surface area (Å²) in [6, 6.07) is -0.669. The van der Waals surface area contributed by atoms with Crippen molar-refractivity contribution in [3.05, 3.63) is 36.5 Å². The van der Waals surface area contributed by atoms with Crippen LogP contribution in [0.15, 0.2) is 36.5 Å². The zero-order chi connectivity index (χ0) is 38.7. The summed E-state index contributed by atoms with van der Waals surface area (Å²) in [6.07, 6.45) is 50.0. The van der Waals surface area contributed by atoms with Crippen LogP contribution in [0.1, 0.15) is 226 Å². The van der Waals surface area contributed by atoms with Gasteiger partial charge in [0.1, 0.15) is 0 Å². The zero-order valence-corrected chi connectivity index (χ0v) is 35.0. The van der Waals surface area contributed by atoms with Crippen LogP contribution in [-0.2, 0) is 14.3 Å². The molecule has 0 heterocycles. The minimum absolute atomic E-state index is 0.0183. The molecule has 0 aliphatic carbocycles. The number of aliphatic hydroxyl groups is 2. The first-order chi connectivity index (χ1) is 26.0. The summed E-state index contributed by atoms with van der Waals surface area (Å²) in [7, 11) is 0. The van der Waals surface area contributed by atoms with E-state index in [4.69, 9.17) is 4.74 Å². The number of esters is 1. The smallest absolute Gasteiger partial charge is 0.305 e. The predicted octanol–water partition coefficient (Wildman–Crippen LogP) is 12.9. The van der Waals surface area contributed by atoms with Gasteiger partial charge in [-0.3, -0.25) is 9.59 Å². The molecule has 0 fully saturated rings. The standard InChI is InChI=1S/C47H87NO5/c1-3-5-7-9-11-13-15-17-21-25-29-33-37-41-47(52)53-42-38-34-30-26-22-19-16-18-20-24-28-32-36-40-46(51)48-44(43-49)45(50)39-35-31-27-23-14-12-10-8-6-4-2/h18,20,28,32,35,39,44-45,49-50H,3-17,19,21-27,29-31,33-34,36-38,40-43H2,1-2H3,(H,48,51)/b20-18-,32-28-,39-35+. The largest absolute Gasteiger partial charge is 0.466 e. The summed E-state index contributed by atoms with van der Waals surface area (Å²) in [6.45, 7) is 4.80. The van der Waals surface area contributed by atoms with Crippen LogP contribution in [0, 0.1) is 0 Å². The third-order valence-corrected chi connectivity index (χ3v) is 10.2. The van der Waals surface area contributed by atoms with Gasteiger partial charge in [-0.2, -0.15) is 0 Å². The minimum Gasteiger partial charge on any atom is -0.466 e. The predicted molar refractivity (Wildman–Crippen MR) is 227 cm³/mol. The van der Waals surface area contributed by atoms with Crippen molar-refractivity contribution < 1.29 is 24.5 Å². The molecule has 0 saturated carbocycles. The molecule has 0 radical (unpaired) electrons. The number of carbonyl (C=O) groups is 2. The Hall–Kier alpha value is -1.92. The number of ether oxygens (including phenoxy) is 1. The molecule has 0 bridgehead atoms. The van der Waals surface area contributed by atoms with Gasteiger partial charge in [-0.25, -0.2) is 0 Å². The van der Waals surface area contributed by atoms with Crippen molar-refractivity contribution in [2.45, 2.75) is 238 Å². The molecular formula is C47H87NO5. The Bertz CT molecular complexity index is 869. The molecule has 0 aromatic rings. The Morgan fingerprint density at radius 1 is 0.528 bits per heavy atom. The van der Waals surface area contributed by atoms with E-state index in [0.717, 1.165) is 51.4 Å². The van der Waals surface area contributed by atoms with Crippen LogP contribution in [0.3, 0.4) is 0 Å². The van der Waals surface area contributed by atoms with Crippen LogP contribution in [0.25, 0.3) is 0 Å². The highest BCUT2D eigenvalue weighted by Crippen LogP contribution is 2.14. The normalized spacial score (nSPS) is 13.1. The maximum absolute atomic E-state index is 12.3. The quantitative estimate of drug-likeness (QED) is 0.0329. The Morgan fingerprint density at radius 2 is 0.962 bits per heavy atom. The first kappa shape index (κ1) is 51.1. The molecule has 0 saturated heterocycles. The van der Waals surface area contributed by atoms with E-state index in [2.05, 4.69) is 37.4 Å². The lowest BCUT2D eigenvalue weighted by Crippen LogP contribution is -2.45. The Balaban J connectivity index is 3.58. The van der Waals surface area contributed by atoms with Gasteiger partial charge in [-0.05, 0) is 51.4 Å². The van der Waals surface area contributed by atoms with E-state index in [1.807, 2.05) is 12.2 Å². The van der Waals surface area contributed by atoms with Gasteiger partial charge in [0.25, 0.3) is 0 Å². The fourth-order valence-electron chi connectivity index (χ4n) is 6.62. The van der Waals surface area contributed by atoms with Crippen molar-refractivity contribution in [2.24, 2.45) is 0 Å². The first-order valence-corrected chi connectivity index (χ1v) is 22.8. The van der Waals surface area contributed by atoms with Crippen LogP contribution < -0.4 is 5.32 Å². The van der Waals surface area contributed by atoms with E-state index in [0.29, 0.717) is 25.9 Å². The monoisotopic (exact) mass is 746 g/mol. The van der Waals surface area contributed by atoms with Crippen molar-refractivity contribution in [2.75, 3.05) is 13.2 Å². The molecule has 6 nitrogen and oxygen atoms in total. The first-order valence-electron chi connectivity index (χ1n) is 22.8. The zero-order valence-electron chi connectivity index (χ0n) is 35.0. The third kappa shape index (κ3) is 39.6. The summed E-state index contributed by atoms with van der Waals surface area (Å²) >= 11 is 0. The molecule has 2 atom stereocenters. The van der Waals surface area contributed by atoms with Crippen molar-refractivity contribution in [1.29, 1.82) is 0 Å². The van der Waals surface area contributed by atoms with Crippen LogP contribution in [-0.4, -0.2) is 47.4 Å². The van der Waals surface area contributed by atoms with E-state index in [1.165, 1.54) is 141 Å². The fraction of sp³-hybridized carbons (Fsp3) is 0.830. The molecule has 0 aromatic heterocycles. The topological polar surface area (TPSA) is 95.9 Å². The maximum atomic E-state index is 12.3. The lowest BCUT2D eigenvalue weighted by Gasteiger charge is -2.19. The van der Waals surface area contributed by atoms with Gasteiger partial charge in [0, 0.05) is 12.8 Å². The molecule has 53 heavy (non-hydrogen) atoms. The maximum Gasteiger partial charge on any atom is 0.305 e. The summed E-state index contributed by atoms with van der Waals surface area (Å²) in [5, 5.41) is 22.8. The van der Waals surface area contributed by atoms with Gasteiger partial charge >= 0.3 is 5.97 Å². The van der Waals surface area contributed by atoms with E-state index in [9.17, 15) is 19.8 Å². The SMILES string of the molecule is CCCCCCCCCC/C=C/C(O)C(CO)NC(=O)CC/C=C\C/C=C\CCCCCCCCOC(=O)CCCCCCCCCCCCCCC. The van der Waals surface area contributed by atoms with Crippen molar-refractivity contribution >= 4 is 11.9 Å². The molecule has 0 aliphatic heterocycles. The van der Waals surface area contributed by atoms with Crippen molar-refractivity contribution in [3.63, 3.8) is 0 Å². The van der Waals surface area contributed by atoms with Crippen LogP contribution in [0.2, 0.25) is 0 Å². The number of unbranched alkanes of at least 4 members (excludes halogenated alkanes) is 26. The number of carbonyl (C=O) groups excluding carboxylic acids is 2. The summed E-state index contributed by atoms with van der Waals surface area (Å²) in [4.78, 5) is 24.3.